The lowest BCUT2D eigenvalue weighted by molar-refractivity contribution is -0.134. The van der Waals surface area contributed by atoms with Crippen LogP contribution < -0.4 is 10.7 Å². The summed E-state index contributed by atoms with van der Waals surface area (Å²) in [6.07, 6.45) is 8.31. The van der Waals surface area contributed by atoms with Gasteiger partial charge in [-0.1, -0.05) is 48.0 Å². The van der Waals surface area contributed by atoms with E-state index >= 15 is 0 Å². The van der Waals surface area contributed by atoms with E-state index in [1.165, 1.54) is 5.56 Å². The van der Waals surface area contributed by atoms with Crippen LogP contribution in [0.3, 0.4) is 0 Å². The van der Waals surface area contributed by atoms with Gasteiger partial charge in [-0.25, -0.2) is 4.98 Å². The van der Waals surface area contributed by atoms with Crippen molar-refractivity contribution in [1.29, 1.82) is 0 Å². The van der Waals surface area contributed by atoms with Gasteiger partial charge in [-0.15, -0.1) is 0 Å². The maximum absolute atomic E-state index is 14.1. The van der Waals surface area contributed by atoms with Gasteiger partial charge in [0.15, 0.2) is 11.2 Å². The van der Waals surface area contributed by atoms with Gasteiger partial charge in [0.2, 0.25) is 11.8 Å². The summed E-state index contributed by atoms with van der Waals surface area (Å²) in [4.78, 5) is 60.9. The number of carbonyl (C=O) groups is 3. The Kier molecular flexibility index (Phi) is 9.30. The third-order valence-corrected chi connectivity index (χ3v) is 9.78. The predicted molar refractivity (Wildman–Crippen MR) is 186 cm³/mol. The van der Waals surface area contributed by atoms with E-state index in [4.69, 9.17) is 16.0 Å². The maximum atomic E-state index is 14.1. The number of aromatic nitrogens is 2. The minimum absolute atomic E-state index is 0.173. The van der Waals surface area contributed by atoms with Crippen molar-refractivity contribution >= 4 is 40.3 Å². The van der Waals surface area contributed by atoms with E-state index in [0.29, 0.717) is 36.5 Å². The van der Waals surface area contributed by atoms with E-state index in [0.717, 1.165) is 48.7 Å². The van der Waals surface area contributed by atoms with Gasteiger partial charge in [-0.3, -0.25) is 19.2 Å². The monoisotopic (exact) mass is 677 g/mol. The summed E-state index contributed by atoms with van der Waals surface area (Å²) in [5.74, 6) is -0.570. The first kappa shape index (κ1) is 32.3. The fraction of sp³-hybridized carbons (Fsp3) is 0.289. The first-order valence-electron chi connectivity index (χ1n) is 16.6. The number of rotatable bonds is 9. The van der Waals surface area contributed by atoms with Gasteiger partial charge >= 0.3 is 0 Å². The number of hydrogen-bond donors (Lipinski definition) is 1. The fourth-order valence-electron chi connectivity index (χ4n) is 6.90. The number of fused-ring (bicyclic) bond motifs is 1. The highest BCUT2D eigenvalue weighted by Gasteiger charge is 2.32. The van der Waals surface area contributed by atoms with Crippen molar-refractivity contribution in [3.63, 3.8) is 0 Å². The summed E-state index contributed by atoms with van der Waals surface area (Å²) in [6.45, 7) is 2.45. The van der Waals surface area contributed by atoms with Crippen LogP contribution >= 0.6 is 11.6 Å². The largest absolute Gasteiger partial charge is 0.451 e. The Labute approximate surface area is 288 Å². The van der Waals surface area contributed by atoms with Gasteiger partial charge in [0, 0.05) is 68.2 Å². The molecule has 250 valence electrons. The average molecular weight is 678 g/mol. The van der Waals surface area contributed by atoms with E-state index in [2.05, 4.69) is 22.4 Å². The number of likely N-dealkylation sites (tertiary alicyclic amines) is 2. The topological polar surface area (TPSA) is 118 Å². The molecule has 4 heterocycles. The Bertz CT molecular complexity index is 2050. The Morgan fingerprint density at radius 3 is 2.51 bits per heavy atom. The molecule has 3 amide bonds. The molecular weight excluding hydrogens is 642 g/mol. The SMILES string of the molecule is O=C(N[C@@H](Cc1ccc(Cl)cc1)C(=O)N1CCC(c2ccccc2CN2CCCC2=O)CC1)c1cc(=O)c2cc(-n3ccnc3)ccc2o1. The quantitative estimate of drug-likeness (QED) is 0.220. The molecule has 2 aliphatic rings. The number of nitrogens with zero attached hydrogens (tertiary/aromatic N) is 4. The van der Waals surface area contributed by atoms with Gasteiger partial charge < -0.3 is 24.1 Å². The average Bonchev–Trinajstić information content (AvgIpc) is 3.81. The van der Waals surface area contributed by atoms with E-state index in [-0.39, 0.29) is 40.9 Å². The molecule has 7 rings (SSSR count). The number of nitrogens with one attached hydrogen (secondary N) is 1. The molecule has 49 heavy (non-hydrogen) atoms. The lowest BCUT2D eigenvalue weighted by Gasteiger charge is -2.35. The summed E-state index contributed by atoms with van der Waals surface area (Å²) in [5.41, 5.74) is 3.84. The number of halogens is 1. The van der Waals surface area contributed by atoms with Crippen LogP contribution in [0.2, 0.25) is 5.02 Å². The Morgan fingerprint density at radius 2 is 1.78 bits per heavy atom. The van der Waals surface area contributed by atoms with Gasteiger partial charge in [0.05, 0.1) is 11.7 Å². The molecule has 1 N–H and O–H groups in total. The Balaban J connectivity index is 1.08. The van der Waals surface area contributed by atoms with E-state index in [1.807, 2.05) is 29.2 Å². The van der Waals surface area contributed by atoms with Gasteiger partial charge in [0.1, 0.15) is 11.6 Å². The summed E-state index contributed by atoms with van der Waals surface area (Å²) in [5, 5.41) is 3.77. The molecule has 2 aliphatic heterocycles. The zero-order valence-corrected chi connectivity index (χ0v) is 27.6. The molecule has 11 heteroatoms. The maximum Gasteiger partial charge on any atom is 0.287 e. The summed E-state index contributed by atoms with van der Waals surface area (Å²) >= 11 is 6.12. The van der Waals surface area contributed by atoms with Crippen LogP contribution in [-0.4, -0.2) is 62.7 Å². The van der Waals surface area contributed by atoms with E-state index < -0.39 is 11.9 Å². The normalized spacial score (nSPS) is 15.9. The zero-order valence-electron chi connectivity index (χ0n) is 26.9. The fourth-order valence-corrected chi connectivity index (χ4v) is 7.02. The molecule has 0 aliphatic carbocycles. The zero-order chi connectivity index (χ0) is 33.9. The third-order valence-electron chi connectivity index (χ3n) is 9.53. The van der Waals surface area contributed by atoms with Crippen LogP contribution in [0.4, 0.5) is 0 Å². The summed E-state index contributed by atoms with van der Waals surface area (Å²) in [6, 6.07) is 20.8. The van der Waals surface area contributed by atoms with Crippen molar-refractivity contribution in [2.75, 3.05) is 19.6 Å². The second-order valence-corrected chi connectivity index (χ2v) is 13.1. The molecule has 5 aromatic rings. The van der Waals surface area contributed by atoms with Crippen LogP contribution in [0.1, 0.15) is 58.8 Å². The number of carbonyl (C=O) groups excluding carboxylic acids is 3. The predicted octanol–water partition coefficient (Wildman–Crippen LogP) is 5.50. The summed E-state index contributed by atoms with van der Waals surface area (Å²) in [7, 11) is 0. The van der Waals surface area contributed by atoms with Gasteiger partial charge in [-0.2, -0.15) is 0 Å². The second kappa shape index (κ2) is 14.1. The number of hydrogen-bond acceptors (Lipinski definition) is 6. The van der Waals surface area contributed by atoms with Crippen molar-refractivity contribution < 1.29 is 18.8 Å². The molecule has 2 aromatic heterocycles. The second-order valence-electron chi connectivity index (χ2n) is 12.7. The molecule has 1 atom stereocenters. The minimum atomic E-state index is -0.900. The minimum Gasteiger partial charge on any atom is -0.451 e. The summed E-state index contributed by atoms with van der Waals surface area (Å²) < 4.78 is 7.66. The Hall–Kier alpha value is -5.22. The first-order valence-corrected chi connectivity index (χ1v) is 17.0. The molecule has 10 nitrogen and oxygen atoms in total. The molecule has 3 aromatic carbocycles. The number of benzene rings is 3. The molecule has 0 unspecified atom stereocenters. The van der Waals surface area contributed by atoms with Crippen LogP contribution in [0.5, 0.6) is 0 Å². The van der Waals surface area contributed by atoms with Crippen LogP contribution in [-0.2, 0) is 22.6 Å². The molecule has 0 spiro atoms. The molecule has 0 saturated carbocycles. The molecule has 2 saturated heterocycles. The Morgan fingerprint density at radius 1 is 0.980 bits per heavy atom. The smallest absolute Gasteiger partial charge is 0.287 e. The number of piperidine rings is 1. The third kappa shape index (κ3) is 7.15. The highest BCUT2D eigenvalue weighted by molar-refractivity contribution is 6.30. The van der Waals surface area contributed by atoms with Crippen LogP contribution in [0, 0.1) is 0 Å². The van der Waals surface area contributed by atoms with Crippen molar-refractivity contribution in [3.05, 3.63) is 129 Å². The standard InChI is InChI=1S/C38H36ClN5O5/c39-28-9-7-25(8-10-28)20-32(41-37(47)35-22-33(45)31-21-29(11-12-34(31)49-35)44-19-15-40-24-44)38(48)42-17-13-26(14-18-42)30-5-2-1-4-27(30)23-43-16-3-6-36(43)46/h1-2,4-5,7-12,15,19,21-22,24,26,32H,3,6,13-14,16-18,20,23H2,(H,41,47)/t32-/m0/s1. The van der Waals surface area contributed by atoms with Crippen LogP contribution in [0.15, 0.2) is 101 Å². The van der Waals surface area contributed by atoms with Crippen molar-refractivity contribution in [2.45, 2.75) is 50.6 Å². The highest BCUT2D eigenvalue weighted by atomic mass is 35.5. The van der Waals surface area contributed by atoms with Crippen molar-refractivity contribution in [2.24, 2.45) is 0 Å². The van der Waals surface area contributed by atoms with Gasteiger partial charge in [-0.05, 0) is 72.2 Å². The highest BCUT2D eigenvalue weighted by Crippen LogP contribution is 2.32. The van der Waals surface area contributed by atoms with Crippen molar-refractivity contribution in [1.82, 2.24) is 24.7 Å². The van der Waals surface area contributed by atoms with E-state index in [1.54, 1.807) is 58.5 Å². The lowest BCUT2D eigenvalue weighted by Crippen LogP contribution is -2.51. The molecule has 0 radical (unpaired) electrons. The molecule has 2 fully saturated rings. The number of amides is 3. The number of imidazole rings is 1. The molecular formula is C38H36ClN5O5. The van der Waals surface area contributed by atoms with Crippen molar-refractivity contribution in [3.8, 4) is 5.69 Å². The first-order chi connectivity index (χ1) is 23.8. The van der Waals surface area contributed by atoms with Gasteiger partial charge in [0.25, 0.3) is 5.91 Å². The molecule has 0 bridgehead atoms. The van der Waals surface area contributed by atoms with Crippen LogP contribution in [0.25, 0.3) is 16.7 Å². The van der Waals surface area contributed by atoms with E-state index in [9.17, 15) is 19.2 Å². The lowest BCUT2D eigenvalue weighted by atomic mass is 9.86.